The number of nitrogens with zero attached hydrogens (tertiary/aromatic N) is 2. The molecular weight excluding hydrogens is 431 g/mol. The van der Waals surface area contributed by atoms with Crippen LogP contribution >= 0.6 is 0 Å². The van der Waals surface area contributed by atoms with E-state index in [-0.39, 0.29) is 22.4 Å². The average Bonchev–Trinajstić information content (AvgIpc) is 3.24. The number of rotatable bonds is 3. The molecule has 2 N–H and O–H groups in total. The van der Waals surface area contributed by atoms with Gasteiger partial charge < -0.3 is 19.6 Å². The van der Waals surface area contributed by atoms with Gasteiger partial charge in [-0.15, -0.1) is 0 Å². The second kappa shape index (κ2) is 9.32. The van der Waals surface area contributed by atoms with Crippen molar-refractivity contribution < 1.29 is 9.13 Å². The number of aromatic nitrogens is 2. The number of H-pyrrole nitrogens is 1. The second-order valence-corrected chi connectivity index (χ2v) is 8.36. The lowest BCUT2D eigenvalue weighted by atomic mass is 9.96. The molecule has 3 heterocycles. The fourth-order valence-corrected chi connectivity index (χ4v) is 4.76. The summed E-state index contributed by atoms with van der Waals surface area (Å²) >= 11 is 0. The lowest BCUT2D eigenvalue weighted by molar-refractivity contribution is 0.410. The molecule has 0 saturated heterocycles. The summed E-state index contributed by atoms with van der Waals surface area (Å²) in [6.45, 7) is 9.34. The summed E-state index contributed by atoms with van der Waals surface area (Å²) in [7, 11) is 1.50. The molecule has 2 aromatic heterocycles. The highest BCUT2D eigenvalue weighted by Gasteiger charge is 2.26. The van der Waals surface area contributed by atoms with Gasteiger partial charge in [0.25, 0.3) is 0 Å². The monoisotopic (exact) mass is 460 g/mol. The lowest BCUT2D eigenvalue weighted by Gasteiger charge is -2.22. The minimum Gasteiger partial charge on any atom is -0.496 e. The number of pyridine rings is 1. The zero-order chi connectivity index (χ0) is 24.6. The van der Waals surface area contributed by atoms with Crippen LogP contribution in [0.5, 0.6) is 5.75 Å². The van der Waals surface area contributed by atoms with Gasteiger partial charge in [0.1, 0.15) is 11.4 Å². The minimum atomic E-state index is -0.448. The van der Waals surface area contributed by atoms with Gasteiger partial charge >= 0.3 is 0 Å². The SMILES string of the molecule is CC.COc1cc2c(=O)c3c4ccc(C#N)cc4[nH]c3n(C(C)C)c2c(F)c1C1=CCNCC1. The summed E-state index contributed by atoms with van der Waals surface area (Å²) in [5.74, 6) is -0.0851. The van der Waals surface area contributed by atoms with Gasteiger partial charge in [0, 0.05) is 23.5 Å². The van der Waals surface area contributed by atoms with Gasteiger partial charge in [-0.3, -0.25) is 4.79 Å². The van der Waals surface area contributed by atoms with Crippen LogP contribution in [0.25, 0.3) is 38.4 Å². The third-order valence-corrected chi connectivity index (χ3v) is 6.19. The molecule has 0 atom stereocenters. The predicted octanol–water partition coefficient (Wildman–Crippen LogP) is 5.64. The summed E-state index contributed by atoms with van der Waals surface area (Å²) in [4.78, 5) is 16.9. The van der Waals surface area contributed by atoms with E-state index >= 15 is 4.39 Å². The summed E-state index contributed by atoms with van der Waals surface area (Å²) in [5, 5.41) is 14.0. The van der Waals surface area contributed by atoms with E-state index in [2.05, 4.69) is 16.4 Å². The lowest BCUT2D eigenvalue weighted by Crippen LogP contribution is -2.21. The molecule has 0 unspecified atom stereocenters. The molecule has 6 nitrogen and oxygen atoms in total. The van der Waals surface area contributed by atoms with E-state index in [9.17, 15) is 10.1 Å². The third kappa shape index (κ3) is 3.55. The highest BCUT2D eigenvalue weighted by Crippen LogP contribution is 2.38. The number of nitrogens with one attached hydrogen (secondary N) is 2. The van der Waals surface area contributed by atoms with E-state index in [1.54, 1.807) is 24.3 Å². The first kappa shape index (κ1) is 23.5. The van der Waals surface area contributed by atoms with E-state index in [1.807, 2.05) is 38.3 Å². The first-order valence-electron chi connectivity index (χ1n) is 11.7. The first-order chi connectivity index (χ1) is 16.5. The molecule has 1 aliphatic heterocycles. The van der Waals surface area contributed by atoms with Crippen molar-refractivity contribution >= 4 is 38.4 Å². The van der Waals surface area contributed by atoms with Crippen molar-refractivity contribution in [2.75, 3.05) is 20.2 Å². The number of benzene rings is 2. The maximum Gasteiger partial charge on any atom is 0.199 e. The topological polar surface area (TPSA) is 82.8 Å². The number of hydrogen-bond acceptors (Lipinski definition) is 4. The van der Waals surface area contributed by atoms with Crippen LogP contribution in [0.2, 0.25) is 0 Å². The van der Waals surface area contributed by atoms with Crippen molar-refractivity contribution in [3.63, 3.8) is 0 Å². The summed E-state index contributed by atoms with van der Waals surface area (Å²) in [6.07, 6.45) is 2.65. The Balaban J connectivity index is 0.00000133. The van der Waals surface area contributed by atoms with Crippen LogP contribution in [0.15, 0.2) is 35.1 Å². The molecular formula is C27H29FN4O2. The first-order valence-corrected chi connectivity index (χ1v) is 11.7. The van der Waals surface area contributed by atoms with Crippen molar-refractivity contribution in [3.8, 4) is 11.8 Å². The molecule has 176 valence electrons. The molecule has 0 bridgehead atoms. The fourth-order valence-electron chi connectivity index (χ4n) is 4.76. The van der Waals surface area contributed by atoms with Crippen molar-refractivity contribution in [1.82, 2.24) is 14.9 Å². The zero-order valence-electron chi connectivity index (χ0n) is 20.2. The van der Waals surface area contributed by atoms with Crippen LogP contribution in [0.1, 0.15) is 51.3 Å². The van der Waals surface area contributed by atoms with E-state index in [4.69, 9.17) is 4.74 Å². The third-order valence-electron chi connectivity index (χ3n) is 6.19. The van der Waals surface area contributed by atoms with Crippen LogP contribution < -0.4 is 15.5 Å². The quantitative estimate of drug-likeness (QED) is 0.415. The maximum absolute atomic E-state index is 16.2. The van der Waals surface area contributed by atoms with Crippen LogP contribution in [0.4, 0.5) is 4.39 Å². The van der Waals surface area contributed by atoms with Gasteiger partial charge in [-0.1, -0.05) is 26.0 Å². The molecule has 1 aliphatic rings. The predicted molar refractivity (Wildman–Crippen MR) is 136 cm³/mol. The molecule has 7 heteroatoms. The Hall–Kier alpha value is -3.63. The molecule has 34 heavy (non-hydrogen) atoms. The molecule has 2 aromatic carbocycles. The number of fused-ring (bicyclic) bond motifs is 4. The molecule has 0 spiro atoms. The summed E-state index contributed by atoms with van der Waals surface area (Å²) in [5.41, 5.74) is 3.01. The van der Waals surface area contributed by atoms with Crippen LogP contribution in [-0.2, 0) is 0 Å². The molecule has 0 aliphatic carbocycles. The Kier molecular flexibility index (Phi) is 6.45. The molecule has 0 amide bonds. The number of nitriles is 1. The van der Waals surface area contributed by atoms with Gasteiger partial charge in [0.2, 0.25) is 0 Å². The molecule has 0 fully saturated rings. The number of methoxy groups -OCH3 is 1. The standard InChI is InChI=1S/C25H23FN4O2.C2H6/c1-13(2)30-23-17(11-19(32-3)20(22(23)26)15-6-8-28-9-7-15)24(31)21-16-5-4-14(12-27)10-18(16)29-25(21)30;1-2/h4-6,10-11,13,28-29H,7-9H2,1-3H3;1-2H3. The average molecular weight is 461 g/mol. The van der Waals surface area contributed by atoms with Gasteiger partial charge in [0.15, 0.2) is 11.2 Å². The number of hydrogen-bond donors (Lipinski definition) is 2. The number of ether oxygens (including phenoxy) is 1. The zero-order valence-corrected chi connectivity index (χ0v) is 20.2. The van der Waals surface area contributed by atoms with E-state index in [0.717, 1.165) is 12.1 Å². The van der Waals surface area contributed by atoms with Crippen molar-refractivity contribution in [2.24, 2.45) is 0 Å². The van der Waals surface area contributed by atoms with Crippen LogP contribution in [0.3, 0.4) is 0 Å². The van der Waals surface area contributed by atoms with Gasteiger partial charge in [-0.25, -0.2) is 4.39 Å². The number of halogens is 1. The van der Waals surface area contributed by atoms with Gasteiger partial charge in [-0.2, -0.15) is 5.26 Å². The minimum absolute atomic E-state index is 0.123. The van der Waals surface area contributed by atoms with Crippen molar-refractivity contribution in [3.05, 3.63) is 57.5 Å². The fraction of sp³-hybridized carbons (Fsp3) is 0.333. The highest BCUT2D eigenvalue weighted by molar-refractivity contribution is 6.10. The van der Waals surface area contributed by atoms with Crippen LogP contribution in [-0.4, -0.2) is 29.8 Å². The van der Waals surface area contributed by atoms with Crippen LogP contribution in [0, 0.1) is 17.1 Å². The smallest absolute Gasteiger partial charge is 0.199 e. The van der Waals surface area contributed by atoms with E-state index in [0.29, 0.717) is 51.8 Å². The molecule has 4 aromatic rings. The maximum atomic E-state index is 16.2. The Bertz CT molecular complexity index is 1540. The van der Waals surface area contributed by atoms with Crippen molar-refractivity contribution in [2.45, 2.75) is 40.2 Å². The number of aromatic amines is 1. The Morgan fingerprint density at radius 1 is 1.21 bits per heavy atom. The summed E-state index contributed by atoms with van der Waals surface area (Å²) < 4.78 is 23.7. The largest absolute Gasteiger partial charge is 0.496 e. The summed E-state index contributed by atoms with van der Waals surface area (Å²) in [6, 6.07) is 8.84. The molecule has 0 saturated carbocycles. The second-order valence-electron chi connectivity index (χ2n) is 8.36. The van der Waals surface area contributed by atoms with Gasteiger partial charge in [-0.05, 0) is 50.6 Å². The normalized spacial score (nSPS) is 13.6. The van der Waals surface area contributed by atoms with Crippen molar-refractivity contribution in [1.29, 1.82) is 5.26 Å². The Morgan fingerprint density at radius 3 is 2.59 bits per heavy atom. The highest BCUT2D eigenvalue weighted by atomic mass is 19.1. The van der Waals surface area contributed by atoms with E-state index in [1.165, 1.54) is 7.11 Å². The van der Waals surface area contributed by atoms with Gasteiger partial charge in [0.05, 0.1) is 40.6 Å². The van der Waals surface area contributed by atoms with E-state index < -0.39 is 5.82 Å². The Labute approximate surface area is 197 Å². The molecule has 5 rings (SSSR count). The Morgan fingerprint density at radius 2 is 1.97 bits per heavy atom. The molecule has 0 radical (unpaired) electrons.